The van der Waals surface area contributed by atoms with Crippen LogP contribution in [-0.2, 0) is 29.2 Å². The summed E-state index contributed by atoms with van der Waals surface area (Å²) in [6, 6.07) is 26.8. The van der Waals surface area contributed by atoms with Crippen LogP contribution >= 0.6 is 0 Å². The number of carbonyl (C=O) groups is 2. The minimum Gasteiger partial charge on any atom is -0.390 e. The molecule has 1 aliphatic rings. The number of anilines is 1. The molecule has 1 fully saturated rings. The van der Waals surface area contributed by atoms with Crippen LogP contribution in [0, 0.1) is 0 Å². The molecule has 0 saturated carbocycles. The van der Waals surface area contributed by atoms with Gasteiger partial charge in [-0.25, -0.2) is 8.42 Å². The summed E-state index contributed by atoms with van der Waals surface area (Å²) in [5.41, 5.74) is 1.65. The lowest BCUT2D eigenvalue weighted by Crippen LogP contribution is -2.48. The second-order valence-corrected chi connectivity index (χ2v) is 14.7. The number of likely N-dealkylation sites (tertiary alicyclic amines) is 1. The van der Waals surface area contributed by atoms with Gasteiger partial charge in [0.05, 0.1) is 35.7 Å². The van der Waals surface area contributed by atoms with Crippen LogP contribution in [0.15, 0.2) is 103 Å². The Morgan fingerprint density at radius 1 is 0.922 bits per heavy atom. The first-order valence-corrected chi connectivity index (χ1v) is 18.4. The molecule has 0 spiro atoms. The third-order valence-corrected chi connectivity index (χ3v) is 10.2. The highest BCUT2D eigenvalue weighted by molar-refractivity contribution is 7.92. The molecule has 1 unspecified atom stereocenters. The molecule has 5 rings (SSSR count). The smallest absolute Gasteiger partial charge is 0.390 e. The Bertz CT molecular complexity index is 1930. The largest absolute Gasteiger partial charge is 0.416 e. The van der Waals surface area contributed by atoms with Crippen molar-refractivity contribution in [3.63, 3.8) is 0 Å². The van der Waals surface area contributed by atoms with Gasteiger partial charge in [0.1, 0.15) is 0 Å². The van der Waals surface area contributed by atoms with Crippen molar-refractivity contribution in [1.29, 1.82) is 0 Å². The molecule has 0 aliphatic carbocycles. The van der Waals surface area contributed by atoms with Crippen molar-refractivity contribution in [2.45, 2.75) is 50.2 Å². The molecule has 3 atom stereocenters. The van der Waals surface area contributed by atoms with E-state index in [0.717, 1.165) is 46.7 Å². The molecule has 13 heteroatoms. The number of amides is 2. The number of hydrogen-bond donors (Lipinski definition) is 3. The second-order valence-electron chi connectivity index (χ2n) is 12.7. The first kappa shape index (κ1) is 37.5. The summed E-state index contributed by atoms with van der Waals surface area (Å²) in [5, 5.41) is 17.1. The Hall–Kier alpha value is -4.72. The van der Waals surface area contributed by atoms with E-state index >= 15 is 0 Å². The lowest BCUT2D eigenvalue weighted by Gasteiger charge is -2.27. The molecule has 0 radical (unpaired) electrons. The van der Waals surface area contributed by atoms with Crippen LogP contribution in [0.1, 0.15) is 61.9 Å². The maximum atomic E-state index is 14.0. The molecular weight excluding hydrogens is 682 g/mol. The maximum absolute atomic E-state index is 14.0. The van der Waals surface area contributed by atoms with Crippen molar-refractivity contribution in [2.75, 3.05) is 30.7 Å². The van der Waals surface area contributed by atoms with Crippen LogP contribution in [-0.4, -0.2) is 68.8 Å². The molecule has 270 valence electrons. The number of halogens is 3. The van der Waals surface area contributed by atoms with Gasteiger partial charge in [0.2, 0.25) is 10.0 Å². The minimum absolute atomic E-state index is 0.0176. The standard InChI is InChI=1S/C38H41F3N4O5S/c1-44(51(2,49)50)32-22-29(21-30(23-32)37(48)45-18-10-17-34(45)28-14-7-4-8-15-28)36(47)43-33(20-26-11-5-3-6-12-26)35(46)25-42-24-27-13-9-16-31(19-27)38(39,40)41/h3-9,11-16,19,21-23,33-35,42,46H,10,17-18,20,24-25H2,1-2H3,(H,43,47)/t33-,34?,35+/m0/s1. The molecular formula is C38H41F3N4O5S. The molecule has 9 nitrogen and oxygen atoms in total. The second kappa shape index (κ2) is 16.1. The van der Waals surface area contributed by atoms with Crippen LogP contribution in [0.2, 0.25) is 0 Å². The Kier molecular flexibility index (Phi) is 11.8. The van der Waals surface area contributed by atoms with E-state index in [1.165, 1.54) is 31.3 Å². The Labute approximate surface area is 296 Å². The molecule has 1 aliphatic heterocycles. The molecule has 51 heavy (non-hydrogen) atoms. The average Bonchev–Trinajstić information content (AvgIpc) is 3.61. The number of benzene rings is 4. The summed E-state index contributed by atoms with van der Waals surface area (Å²) in [4.78, 5) is 29.7. The first-order valence-electron chi connectivity index (χ1n) is 16.6. The van der Waals surface area contributed by atoms with Gasteiger partial charge in [-0.15, -0.1) is 0 Å². The number of aliphatic hydroxyl groups is 1. The van der Waals surface area contributed by atoms with Gasteiger partial charge >= 0.3 is 6.18 Å². The normalized spacial score (nSPS) is 16.0. The van der Waals surface area contributed by atoms with Crippen molar-refractivity contribution in [3.05, 3.63) is 137 Å². The van der Waals surface area contributed by atoms with Gasteiger partial charge < -0.3 is 20.6 Å². The number of alkyl halides is 3. The third kappa shape index (κ3) is 9.75. The van der Waals surface area contributed by atoms with E-state index in [0.29, 0.717) is 12.1 Å². The Morgan fingerprint density at radius 2 is 1.57 bits per heavy atom. The van der Waals surface area contributed by atoms with Gasteiger partial charge in [0, 0.05) is 37.8 Å². The van der Waals surface area contributed by atoms with Crippen LogP contribution in [0.3, 0.4) is 0 Å². The molecule has 1 saturated heterocycles. The van der Waals surface area contributed by atoms with Crippen LogP contribution in [0.25, 0.3) is 0 Å². The predicted molar refractivity (Wildman–Crippen MR) is 190 cm³/mol. The van der Waals surface area contributed by atoms with E-state index in [4.69, 9.17) is 0 Å². The number of aliphatic hydroxyl groups excluding tert-OH is 1. The number of nitrogens with zero attached hydrogens (tertiary/aromatic N) is 2. The molecule has 1 heterocycles. The highest BCUT2D eigenvalue weighted by Gasteiger charge is 2.33. The van der Waals surface area contributed by atoms with Crippen LogP contribution in [0.4, 0.5) is 18.9 Å². The minimum atomic E-state index is -4.49. The number of sulfonamides is 1. The number of hydrogen-bond acceptors (Lipinski definition) is 6. The maximum Gasteiger partial charge on any atom is 0.416 e. The summed E-state index contributed by atoms with van der Waals surface area (Å²) in [7, 11) is -2.43. The van der Waals surface area contributed by atoms with Crippen LogP contribution < -0.4 is 14.9 Å². The first-order chi connectivity index (χ1) is 24.2. The summed E-state index contributed by atoms with van der Waals surface area (Å²) in [6.45, 7) is 0.466. The van der Waals surface area contributed by atoms with Gasteiger partial charge in [-0.05, 0) is 60.2 Å². The monoisotopic (exact) mass is 722 g/mol. The SMILES string of the molecule is CN(c1cc(C(=O)N[C@@H](Cc2ccccc2)[C@H](O)CNCc2cccc(C(F)(F)F)c2)cc(C(=O)N2CCCC2c2ccccc2)c1)S(C)(=O)=O. The molecule has 3 N–H and O–H groups in total. The Balaban J connectivity index is 1.40. The highest BCUT2D eigenvalue weighted by atomic mass is 32.2. The fraction of sp³-hybridized carbons (Fsp3) is 0.316. The fourth-order valence-corrected chi connectivity index (χ4v) is 6.69. The third-order valence-electron chi connectivity index (χ3n) is 9.00. The van der Waals surface area contributed by atoms with Gasteiger partial charge in [0.25, 0.3) is 11.8 Å². The van der Waals surface area contributed by atoms with Crippen molar-refractivity contribution in [3.8, 4) is 0 Å². The van der Waals surface area contributed by atoms with Gasteiger partial charge in [-0.1, -0.05) is 78.9 Å². The zero-order valence-corrected chi connectivity index (χ0v) is 29.1. The highest BCUT2D eigenvalue weighted by Crippen LogP contribution is 2.34. The predicted octanol–water partition coefficient (Wildman–Crippen LogP) is 5.57. The van der Waals surface area contributed by atoms with E-state index in [1.807, 2.05) is 60.7 Å². The summed E-state index contributed by atoms with van der Waals surface area (Å²) < 4.78 is 65.7. The lowest BCUT2D eigenvalue weighted by molar-refractivity contribution is -0.137. The average molecular weight is 723 g/mol. The number of rotatable bonds is 13. The topological polar surface area (TPSA) is 119 Å². The quantitative estimate of drug-likeness (QED) is 0.166. The molecule has 4 aromatic carbocycles. The van der Waals surface area contributed by atoms with E-state index in [-0.39, 0.29) is 48.3 Å². The molecule has 0 bridgehead atoms. The van der Waals surface area contributed by atoms with Crippen molar-refractivity contribution < 1.29 is 36.3 Å². The van der Waals surface area contributed by atoms with E-state index < -0.39 is 39.8 Å². The molecule has 0 aromatic heterocycles. The molecule has 2 amide bonds. The number of carbonyl (C=O) groups excluding carboxylic acids is 2. The van der Waals surface area contributed by atoms with E-state index in [2.05, 4.69) is 10.6 Å². The van der Waals surface area contributed by atoms with E-state index in [1.54, 1.807) is 11.0 Å². The Morgan fingerprint density at radius 3 is 2.24 bits per heavy atom. The lowest BCUT2D eigenvalue weighted by atomic mass is 9.99. The van der Waals surface area contributed by atoms with Gasteiger partial charge in [0.15, 0.2) is 0 Å². The number of nitrogens with one attached hydrogen (secondary N) is 2. The van der Waals surface area contributed by atoms with E-state index in [9.17, 15) is 36.3 Å². The van der Waals surface area contributed by atoms with Crippen molar-refractivity contribution >= 4 is 27.5 Å². The van der Waals surface area contributed by atoms with Crippen LogP contribution in [0.5, 0.6) is 0 Å². The zero-order chi connectivity index (χ0) is 36.8. The zero-order valence-electron chi connectivity index (χ0n) is 28.3. The van der Waals surface area contributed by atoms with Gasteiger partial charge in [-0.2, -0.15) is 13.2 Å². The fourth-order valence-electron chi connectivity index (χ4n) is 6.20. The summed E-state index contributed by atoms with van der Waals surface area (Å²) >= 11 is 0. The van der Waals surface area contributed by atoms with Gasteiger partial charge in [-0.3, -0.25) is 13.9 Å². The summed E-state index contributed by atoms with van der Waals surface area (Å²) in [6.07, 6.45) is -2.91. The molecule has 4 aromatic rings. The van der Waals surface area contributed by atoms with Crippen molar-refractivity contribution in [2.24, 2.45) is 0 Å². The van der Waals surface area contributed by atoms with Crippen molar-refractivity contribution in [1.82, 2.24) is 15.5 Å². The summed E-state index contributed by atoms with van der Waals surface area (Å²) in [5.74, 6) is -0.995.